The lowest BCUT2D eigenvalue weighted by atomic mass is 9.98. The average Bonchev–Trinajstić information content (AvgIpc) is 2.13. The van der Waals surface area contributed by atoms with E-state index in [9.17, 15) is 4.79 Å². The molecule has 1 nitrogen and oxygen atoms in total. The van der Waals surface area contributed by atoms with Crippen LogP contribution in [0.5, 0.6) is 0 Å². The second-order valence-corrected chi connectivity index (χ2v) is 3.72. The van der Waals surface area contributed by atoms with Gasteiger partial charge in [-0.3, -0.25) is 4.79 Å². The van der Waals surface area contributed by atoms with Crippen molar-refractivity contribution in [1.29, 1.82) is 0 Å². The molecule has 0 aliphatic heterocycles. The molecular weight excluding hydrogens is 172 g/mol. The second-order valence-electron chi connectivity index (χ2n) is 3.72. The maximum absolute atomic E-state index is 11.5. The molecule has 0 aliphatic rings. The quantitative estimate of drug-likeness (QED) is 0.479. The Morgan fingerprint density at radius 2 is 2.00 bits per heavy atom. The van der Waals surface area contributed by atoms with Gasteiger partial charge >= 0.3 is 0 Å². The predicted molar refractivity (Wildman–Crippen MR) is 62.2 cm³/mol. The van der Waals surface area contributed by atoms with Gasteiger partial charge in [0, 0.05) is 5.92 Å². The lowest BCUT2D eigenvalue weighted by Gasteiger charge is -2.06. The van der Waals surface area contributed by atoms with Crippen molar-refractivity contribution in [2.24, 2.45) is 5.92 Å². The summed E-state index contributed by atoms with van der Waals surface area (Å²) in [6.07, 6.45) is 7.04. The van der Waals surface area contributed by atoms with Gasteiger partial charge in [-0.15, -0.1) is 0 Å². The summed E-state index contributed by atoms with van der Waals surface area (Å²) < 4.78 is 0. The molecule has 0 bridgehead atoms. The SMILES string of the molecule is C=C(C)C(=O)C(C)/C=C(\C)C/C=C\C. The van der Waals surface area contributed by atoms with Crippen LogP contribution in [-0.2, 0) is 4.79 Å². The fraction of sp³-hybridized carbons (Fsp3) is 0.462. The van der Waals surface area contributed by atoms with E-state index in [0.717, 1.165) is 6.42 Å². The summed E-state index contributed by atoms with van der Waals surface area (Å²) in [7, 11) is 0. The molecule has 0 rings (SSSR count). The zero-order chi connectivity index (χ0) is 11.1. The van der Waals surface area contributed by atoms with Crippen molar-refractivity contribution in [3.63, 3.8) is 0 Å². The van der Waals surface area contributed by atoms with Crippen molar-refractivity contribution < 1.29 is 4.79 Å². The molecule has 0 radical (unpaired) electrons. The monoisotopic (exact) mass is 192 g/mol. The maximum Gasteiger partial charge on any atom is 0.164 e. The van der Waals surface area contributed by atoms with Gasteiger partial charge in [-0.25, -0.2) is 0 Å². The Balaban J connectivity index is 4.34. The summed E-state index contributed by atoms with van der Waals surface area (Å²) in [6.45, 7) is 11.4. The van der Waals surface area contributed by atoms with Crippen molar-refractivity contribution in [1.82, 2.24) is 0 Å². The molecule has 14 heavy (non-hydrogen) atoms. The largest absolute Gasteiger partial charge is 0.294 e. The number of hydrogen-bond acceptors (Lipinski definition) is 1. The van der Waals surface area contributed by atoms with Gasteiger partial charge in [0.25, 0.3) is 0 Å². The van der Waals surface area contributed by atoms with Gasteiger partial charge < -0.3 is 0 Å². The number of ketones is 1. The minimum absolute atomic E-state index is 0.0437. The van der Waals surface area contributed by atoms with Gasteiger partial charge in [0.05, 0.1) is 0 Å². The molecule has 0 aromatic carbocycles. The van der Waals surface area contributed by atoms with E-state index in [1.807, 2.05) is 32.9 Å². The molecule has 0 aromatic rings. The fourth-order valence-electron chi connectivity index (χ4n) is 1.26. The first-order valence-corrected chi connectivity index (χ1v) is 4.97. The number of Topliss-reactive ketones (excluding diaryl/α,β-unsaturated/α-hetero) is 1. The van der Waals surface area contributed by atoms with E-state index in [2.05, 4.69) is 12.7 Å². The van der Waals surface area contributed by atoms with Gasteiger partial charge in [0.2, 0.25) is 0 Å². The topological polar surface area (TPSA) is 17.1 Å². The van der Waals surface area contributed by atoms with Crippen LogP contribution < -0.4 is 0 Å². The third-order valence-corrected chi connectivity index (χ3v) is 2.04. The molecule has 0 fully saturated rings. The Morgan fingerprint density at radius 3 is 2.43 bits per heavy atom. The number of carbonyl (C=O) groups excluding carboxylic acids is 1. The standard InChI is InChI=1S/C13H20O/c1-6-7-8-11(4)9-12(5)13(14)10(2)3/h6-7,9,12H,2,8H2,1,3-5H3/b7-6-,11-9+. The van der Waals surface area contributed by atoms with Crippen LogP contribution >= 0.6 is 0 Å². The van der Waals surface area contributed by atoms with Crippen molar-refractivity contribution in [2.45, 2.75) is 34.1 Å². The fourth-order valence-corrected chi connectivity index (χ4v) is 1.26. The van der Waals surface area contributed by atoms with Crippen LogP contribution in [0.4, 0.5) is 0 Å². The molecule has 0 aromatic heterocycles. The van der Waals surface area contributed by atoms with Gasteiger partial charge in [0.15, 0.2) is 5.78 Å². The summed E-state index contributed by atoms with van der Waals surface area (Å²) in [5.41, 5.74) is 1.86. The summed E-state index contributed by atoms with van der Waals surface area (Å²) in [4.78, 5) is 11.5. The summed E-state index contributed by atoms with van der Waals surface area (Å²) in [5.74, 6) is 0.0857. The molecule has 0 saturated carbocycles. The average molecular weight is 192 g/mol. The van der Waals surface area contributed by atoms with Crippen LogP contribution in [0.25, 0.3) is 0 Å². The molecule has 1 atom stereocenters. The van der Waals surface area contributed by atoms with Crippen LogP contribution in [-0.4, -0.2) is 5.78 Å². The predicted octanol–water partition coefficient (Wildman–Crippen LogP) is 3.68. The number of carbonyl (C=O) groups is 1. The van der Waals surface area contributed by atoms with E-state index in [1.54, 1.807) is 6.92 Å². The Morgan fingerprint density at radius 1 is 1.43 bits per heavy atom. The molecular formula is C13H20O. The molecule has 0 aliphatic carbocycles. The van der Waals surface area contributed by atoms with Gasteiger partial charge in [-0.2, -0.15) is 0 Å². The molecule has 1 heteroatoms. The number of allylic oxidation sites excluding steroid dienone is 5. The molecule has 0 spiro atoms. The Kier molecular flexibility index (Phi) is 5.86. The van der Waals surface area contributed by atoms with Crippen LogP contribution in [0, 0.1) is 5.92 Å². The molecule has 0 amide bonds. The lowest BCUT2D eigenvalue weighted by Crippen LogP contribution is -2.09. The van der Waals surface area contributed by atoms with Crippen molar-refractivity contribution in [3.05, 3.63) is 36.0 Å². The van der Waals surface area contributed by atoms with E-state index in [4.69, 9.17) is 0 Å². The van der Waals surface area contributed by atoms with Crippen molar-refractivity contribution >= 4 is 5.78 Å². The highest BCUT2D eigenvalue weighted by molar-refractivity contribution is 5.96. The maximum atomic E-state index is 11.5. The molecule has 0 heterocycles. The first-order chi connectivity index (χ1) is 6.49. The third kappa shape index (κ3) is 4.80. The van der Waals surface area contributed by atoms with Crippen LogP contribution in [0.3, 0.4) is 0 Å². The van der Waals surface area contributed by atoms with E-state index >= 15 is 0 Å². The van der Waals surface area contributed by atoms with Crippen LogP contribution in [0.1, 0.15) is 34.1 Å². The Bertz CT molecular complexity index is 269. The third-order valence-electron chi connectivity index (χ3n) is 2.04. The lowest BCUT2D eigenvalue weighted by molar-refractivity contribution is -0.117. The van der Waals surface area contributed by atoms with Gasteiger partial charge in [-0.05, 0) is 32.8 Å². The van der Waals surface area contributed by atoms with Crippen LogP contribution in [0.2, 0.25) is 0 Å². The molecule has 1 unspecified atom stereocenters. The Labute approximate surface area is 87.2 Å². The van der Waals surface area contributed by atoms with Crippen molar-refractivity contribution in [2.75, 3.05) is 0 Å². The number of rotatable bonds is 5. The number of hydrogen-bond donors (Lipinski definition) is 0. The van der Waals surface area contributed by atoms with Gasteiger partial charge in [0.1, 0.15) is 0 Å². The van der Waals surface area contributed by atoms with E-state index in [-0.39, 0.29) is 11.7 Å². The first-order valence-electron chi connectivity index (χ1n) is 4.97. The first kappa shape index (κ1) is 12.9. The zero-order valence-corrected chi connectivity index (χ0v) is 9.63. The highest BCUT2D eigenvalue weighted by Gasteiger charge is 2.10. The molecule has 0 saturated heterocycles. The minimum atomic E-state index is -0.0437. The minimum Gasteiger partial charge on any atom is -0.294 e. The van der Waals surface area contributed by atoms with E-state index in [1.165, 1.54) is 5.57 Å². The highest BCUT2D eigenvalue weighted by atomic mass is 16.1. The summed E-state index contributed by atoms with van der Waals surface area (Å²) in [6, 6.07) is 0. The van der Waals surface area contributed by atoms with E-state index in [0.29, 0.717) is 5.57 Å². The second kappa shape index (κ2) is 6.36. The van der Waals surface area contributed by atoms with Crippen LogP contribution in [0.15, 0.2) is 36.0 Å². The Hall–Kier alpha value is -1.11. The van der Waals surface area contributed by atoms with Crippen molar-refractivity contribution in [3.8, 4) is 0 Å². The summed E-state index contributed by atoms with van der Waals surface area (Å²) in [5, 5.41) is 0. The zero-order valence-electron chi connectivity index (χ0n) is 9.63. The smallest absolute Gasteiger partial charge is 0.164 e. The molecule has 78 valence electrons. The van der Waals surface area contributed by atoms with Gasteiger partial charge in [-0.1, -0.05) is 37.3 Å². The summed E-state index contributed by atoms with van der Waals surface area (Å²) >= 11 is 0. The normalized spacial score (nSPS) is 14.4. The molecule has 0 N–H and O–H groups in total. The van der Waals surface area contributed by atoms with E-state index < -0.39 is 0 Å². The highest BCUT2D eigenvalue weighted by Crippen LogP contribution is 2.11.